The Labute approximate surface area is 187 Å². The second-order valence-electron chi connectivity index (χ2n) is 8.13. The minimum absolute atomic E-state index is 0.170. The topological polar surface area (TPSA) is 46.2 Å². The van der Waals surface area contributed by atoms with E-state index in [0.717, 1.165) is 40.7 Å². The third-order valence-electron chi connectivity index (χ3n) is 5.59. The molecule has 0 fully saturated rings. The first-order chi connectivity index (χ1) is 15.0. The van der Waals surface area contributed by atoms with Gasteiger partial charge in [-0.05, 0) is 47.2 Å². The summed E-state index contributed by atoms with van der Waals surface area (Å²) in [6.07, 6.45) is 6.38. The summed E-state index contributed by atoms with van der Waals surface area (Å²) in [6.45, 7) is 4.12. The fraction of sp³-hybridized carbons (Fsp3) is 0.333. The first-order valence-corrected chi connectivity index (χ1v) is 12.9. The zero-order chi connectivity index (χ0) is 22.1. The van der Waals surface area contributed by atoms with Crippen molar-refractivity contribution in [3.05, 3.63) is 78.4 Å². The predicted octanol–water partition coefficient (Wildman–Crippen LogP) is 7.43. The van der Waals surface area contributed by atoms with Gasteiger partial charge >= 0.3 is 0 Å². The zero-order valence-corrected chi connectivity index (χ0v) is 19.4. The Balaban J connectivity index is 1.77. The fourth-order valence-corrected chi connectivity index (χ4v) is 5.04. The molecule has 0 spiro atoms. The second-order valence-corrected chi connectivity index (χ2v) is 9.97. The van der Waals surface area contributed by atoms with Gasteiger partial charge in [-0.15, -0.1) is 0 Å². The van der Waals surface area contributed by atoms with Crippen LogP contribution in [0.1, 0.15) is 51.0 Å². The van der Waals surface area contributed by atoms with Gasteiger partial charge in [0.05, 0.1) is 11.4 Å². The number of anilines is 1. The van der Waals surface area contributed by atoms with E-state index in [9.17, 15) is 8.42 Å². The molecule has 164 valence electrons. The van der Waals surface area contributed by atoms with E-state index >= 15 is 0 Å². The van der Waals surface area contributed by atoms with Gasteiger partial charge in [0.25, 0.3) is 0 Å². The third kappa shape index (κ3) is 6.70. The molecule has 3 nitrogen and oxygen atoms in total. The second kappa shape index (κ2) is 11.1. The highest BCUT2D eigenvalue weighted by atomic mass is 32.2. The van der Waals surface area contributed by atoms with Crippen molar-refractivity contribution >= 4 is 15.7 Å². The number of unbranched alkanes of at least 4 members (excludes halogenated alkanes) is 5. The Hall–Kier alpha value is -2.59. The number of sulfonamides is 1. The van der Waals surface area contributed by atoms with Crippen molar-refractivity contribution in [1.82, 2.24) is 0 Å². The summed E-state index contributed by atoms with van der Waals surface area (Å²) < 4.78 is 28.2. The summed E-state index contributed by atoms with van der Waals surface area (Å²) >= 11 is 0. The van der Waals surface area contributed by atoms with Gasteiger partial charge in [0.1, 0.15) is 0 Å². The van der Waals surface area contributed by atoms with Crippen LogP contribution in [0, 0.1) is 6.92 Å². The van der Waals surface area contributed by atoms with E-state index in [4.69, 9.17) is 0 Å². The average molecular weight is 436 g/mol. The molecule has 0 atom stereocenters. The SMILES string of the molecule is CCCCCCCCS(=O)(=O)Nc1cc(-c2ccccc2-c2ccccc2)ccc1C. The third-order valence-corrected chi connectivity index (χ3v) is 6.95. The average Bonchev–Trinajstić information content (AvgIpc) is 2.78. The van der Waals surface area contributed by atoms with Crippen molar-refractivity contribution in [2.24, 2.45) is 0 Å². The van der Waals surface area contributed by atoms with Crippen molar-refractivity contribution in [1.29, 1.82) is 0 Å². The molecule has 0 aliphatic rings. The number of hydrogen-bond donors (Lipinski definition) is 1. The molecular formula is C27H33NO2S. The van der Waals surface area contributed by atoms with Crippen molar-refractivity contribution in [3.63, 3.8) is 0 Å². The van der Waals surface area contributed by atoms with Crippen LogP contribution in [0.2, 0.25) is 0 Å². The first-order valence-electron chi connectivity index (χ1n) is 11.3. The summed E-state index contributed by atoms with van der Waals surface area (Å²) in [6, 6.07) is 24.5. The Kier molecular flexibility index (Phi) is 8.30. The zero-order valence-electron chi connectivity index (χ0n) is 18.6. The standard InChI is InChI=1S/C27H33NO2S/c1-3-4-5-6-7-13-20-31(29,30)28-27-21-24(19-18-22(27)2)26-17-12-11-16-25(26)23-14-9-8-10-15-23/h8-12,14-19,21,28H,3-7,13,20H2,1-2H3. The van der Waals surface area contributed by atoms with Crippen molar-refractivity contribution in [2.45, 2.75) is 52.4 Å². The lowest BCUT2D eigenvalue weighted by Gasteiger charge is -2.15. The van der Waals surface area contributed by atoms with Crippen LogP contribution in [0.15, 0.2) is 72.8 Å². The van der Waals surface area contributed by atoms with Crippen LogP contribution in [0.25, 0.3) is 22.3 Å². The number of nitrogens with one attached hydrogen (secondary N) is 1. The van der Waals surface area contributed by atoms with Crippen LogP contribution in [0.3, 0.4) is 0 Å². The summed E-state index contributed by atoms with van der Waals surface area (Å²) in [5.41, 5.74) is 5.95. The van der Waals surface area contributed by atoms with E-state index in [0.29, 0.717) is 12.1 Å². The van der Waals surface area contributed by atoms with Crippen molar-refractivity contribution < 1.29 is 8.42 Å². The van der Waals surface area contributed by atoms with Crippen molar-refractivity contribution in [2.75, 3.05) is 10.5 Å². The van der Waals surface area contributed by atoms with Gasteiger partial charge in [-0.3, -0.25) is 4.72 Å². The summed E-state index contributed by atoms with van der Waals surface area (Å²) in [5.74, 6) is 0.170. The van der Waals surface area contributed by atoms with E-state index in [1.165, 1.54) is 19.3 Å². The number of benzene rings is 3. The largest absolute Gasteiger partial charge is 0.283 e. The van der Waals surface area contributed by atoms with Gasteiger partial charge in [0, 0.05) is 0 Å². The van der Waals surface area contributed by atoms with Gasteiger partial charge < -0.3 is 0 Å². The van der Waals surface area contributed by atoms with Gasteiger partial charge in [0.15, 0.2) is 0 Å². The lowest BCUT2D eigenvalue weighted by Crippen LogP contribution is -2.17. The Bertz CT molecular complexity index is 1080. The van der Waals surface area contributed by atoms with E-state index in [-0.39, 0.29) is 5.75 Å². The highest BCUT2D eigenvalue weighted by molar-refractivity contribution is 7.92. The molecule has 3 aromatic carbocycles. The molecule has 0 amide bonds. The summed E-state index contributed by atoms with van der Waals surface area (Å²) in [5, 5.41) is 0. The molecule has 0 saturated heterocycles. The first kappa shape index (κ1) is 23.1. The lowest BCUT2D eigenvalue weighted by atomic mass is 9.94. The van der Waals surface area contributed by atoms with E-state index in [1.807, 2.05) is 49.4 Å². The minimum atomic E-state index is -3.36. The van der Waals surface area contributed by atoms with Crippen LogP contribution >= 0.6 is 0 Å². The Morgan fingerprint density at radius 1 is 0.710 bits per heavy atom. The van der Waals surface area contributed by atoms with E-state index in [1.54, 1.807) is 0 Å². The number of rotatable bonds is 11. The van der Waals surface area contributed by atoms with Gasteiger partial charge in [-0.25, -0.2) is 8.42 Å². The molecule has 0 aliphatic heterocycles. The monoisotopic (exact) mass is 435 g/mol. The lowest BCUT2D eigenvalue weighted by molar-refractivity contribution is 0.588. The molecule has 0 aromatic heterocycles. The van der Waals surface area contributed by atoms with Gasteiger partial charge in [0.2, 0.25) is 10.0 Å². The Morgan fingerprint density at radius 3 is 2.03 bits per heavy atom. The molecule has 31 heavy (non-hydrogen) atoms. The molecule has 4 heteroatoms. The number of hydrogen-bond acceptors (Lipinski definition) is 2. The molecule has 0 unspecified atom stereocenters. The molecule has 0 saturated carbocycles. The molecule has 0 radical (unpaired) electrons. The van der Waals surface area contributed by atoms with E-state index < -0.39 is 10.0 Å². The van der Waals surface area contributed by atoms with Crippen LogP contribution in [0.5, 0.6) is 0 Å². The highest BCUT2D eigenvalue weighted by Crippen LogP contribution is 2.34. The van der Waals surface area contributed by atoms with Crippen LogP contribution in [0.4, 0.5) is 5.69 Å². The maximum atomic E-state index is 12.7. The fourth-order valence-electron chi connectivity index (χ4n) is 3.79. The van der Waals surface area contributed by atoms with Crippen LogP contribution in [-0.2, 0) is 10.0 Å². The maximum absolute atomic E-state index is 12.7. The molecule has 0 bridgehead atoms. The predicted molar refractivity (Wildman–Crippen MR) is 133 cm³/mol. The molecule has 3 aromatic rings. The molecule has 0 aliphatic carbocycles. The summed E-state index contributed by atoms with van der Waals surface area (Å²) in [4.78, 5) is 0. The number of aryl methyl sites for hydroxylation is 1. The normalized spacial score (nSPS) is 11.4. The van der Waals surface area contributed by atoms with Gasteiger partial charge in [-0.2, -0.15) is 0 Å². The minimum Gasteiger partial charge on any atom is -0.283 e. The smallest absolute Gasteiger partial charge is 0.232 e. The quantitative estimate of drug-likeness (QED) is 0.318. The van der Waals surface area contributed by atoms with Crippen LogP contribution in [-0.4, -0.2) is 14.2 Å². The van der Waals surface area contributed by atoms with Crippen molar-refractivity contribution in [3.8, 4) is 22.3 Å². The van der Waals surface area contributed by atoms with Crippen LogP contribution < -0.4 is 4.72 Å². The van der Waals surface area contributed by atoms with E-state index in [2.05, 4.69) is 42.0 Å². The Morgan fingerprint density at radius 2 is 1.32 bits per heavy atom. The van der Waals surface area contributed by atoms with Gasteiger partial charge in [-0.1, -0.05) is 106 Å². The molecule has 0 heterocycles. The summed E-state index contributed by atoms with van der Waals surface area (Å²) in [7, 11) is -3.36. The maximum Gasteiger partial charge on any atom is 0.232 e. The highest BCUT2D eigenvalue weighted by Gasteiger charge is 2.14. The molecular weight excluding hydrogens is 402 g/mol. The molecule has 1 N–H and O–H groups in total. The molecule has 3 rings (SSSR count).